The summed E-state index contributed by atoms with van der Waals surface area (Å²) in [6, 6.07) is 54.0. The number of para-hydroxylation sites is 3. The van der Waals surface area contributed by atoms with Crippen LogP contribution in [-0.4, -0.2) is 19.5 Å². The van der Waals surface area contributed by atoms with Crippen molar-refractivity contribution in [2.45, 2.75) is 32.6 Å². The number of nitrogens with zero attached hydrogens (tertiary/aromatic N) is 4. The summed E-state index contributed by atoms with van der Waals surface area (Å²) in [5, 5.41) is 7.52. The van der Waals surface area contributed by atoms with Crippen LogP contribution in [0.4, 0.5) is 0 Å². The molecule has 7 aromatic carbocycles. The summed E-state index contributed by atoms with van der Waals surface area (Å²) < 4.78 is 2.35. The Morgan fingerprint density at radius 2 is 0.980 bits per heavy atom. The lowest BCUT2D eigenvalue weighted by molar-refractivity contribution is 0.543. The summed E-state index contributed by atoms with van der Waals surface area (Å²) in [7, 11) is 0. The van der Waals surface area contributed by atoms with Gasteiger partial charge in [0, 0.05) is 27.3 Å². The molecule has 0 saturated carbocycles. The van der Waals surface area contributed by atoms with E-state index in [1.807, 2.05) is 0 Å². The van der Waals surface area contributed by atoms with Gasteiger partial charge in [-0.25, -0.2) is 15.0 Å². The fourth-order valence-electron chi connectivity index (χ4n) is 7.37. The Labute approximate surface area is 291 Å². The molecule has 0 bridgehead atoms. The Kier molecular flexibility index (Phi) is 7.06. The molecule has 240 valence electrons. The van der Waals surface area contributed by atoms with E-state index in [4.69, 9.17) is 15.0 Å². The molecule has 0 aliphatic heterocycles. The van der Waals surface area contributed by atoms with Gasteiger partial charge in [0.05, 0.1) is 16.7 Å². The summed E-state index contributed by atoms with van der Waals surface area (Å²) in [4.78, 5) is 15.7. The van der Waals surface area contributed by atoms with Crippen molar-refractivity contribution in [2.75, 3.05) is 0 Å². The standard InChI is InChI=1S/C46H36N4/c1-46(2,3)45-48-43(35-20-7-5-17-31(35)29-32-28-30-16-4-6-18-33(30)36-21-9-8-19-34(32)36)47-44(49-45)39-24-12-15-27-42(39)50-40-25-13-10-22-37(40)38-23-11-14-26-41(38)50/h4-28H,29H2,1-3H3. The number of hydrogen-bond acceptors (Lipinski definition) is 3. The highest BCUT2D eigenvalue weighted by atomic mass is 15.1. The number of aromatic nitrogens is 4. The van der Waals surface area contributed by atoms with E-state index in [-0.39, 0.29) is 5.41 Å². The Bertz CT molecular complexity index is 2680. The molecule has 9 aromatic rings. The molecule has 2 heterocycles. The highest BCUT2D eigenvalue weighted by Gasteiger charge is 2.24. The first-order valence-electron chi connectivity index (χ1n) is 17.3. The fourth-order valence-corrected chi connectivity index (χ4v) is 7.37. The lowest BCUT2D eigenvalue weighted by Crippen LogP contribution is -2.18. The average Bonchev–Trinajstić information content (AvgIpc) is 3.49. The van der Waals surface area contributed by atoms with E-state index < -0.39 is 0 Å². The molecule has 0 N–H and O–H groups in total. The van der Waals surface area contributed by atoms with Gasteiger partial charge in [-0.1, -0.05) is 148 Å². The second kappa shape index (κ2) is 11.8. The zero-order valence-corrected chi connectivity index (χ0v) is 28.4. The molecule has 0 radical (unpaired) electrons. The van der Waals surface area contributed by atoms with Gasteiger partial charge in [0.25, 0.3) is 0 Å². The first-order chi connectivity index (χ1) is 24.4. The van der Waals surface area contributed by atoms with Crippen molar-refractivity contribution in [1.29, 1.82) is 0 Å². The third kappa shape index (κ3) is 5.03. The molecule has 0 spiro atoms. The van der Waals surface area contributed by atoms with Gasteiger partial charge in [0.15, 0.2) is 11.6 Å². The van der Waals surface area contributed by atoms with Gasteiger partial charge in [-0.15, -0.1) is 0 Å². The van der Waals surface area contributed by atoms with Crippen LogP contribution in [0.3, 0.4) is 0 Å². The van der Waals surface area contributed by atoms with E-state index in [9.17, 15) is 0 Å². The first-order valence-corrected chi connectivity index (χ1v) is 17.3. The molecular weight excluding hydrogens is 609 g/mol. The fraction of sp³-hybridized carbons (Fsp3) is 0.109. The van der Waals surface area contributed by atoms with Crippen molar-refractivity contribution in [3.05, 3.63) is 169 Å². The molecule has 50 heavy (non-hydrogen) atoms. The number of benzene rings is 7. The van der Waals surface area contributed by atoms with Gasteiger partial charge in [0.1, 0.15) is 5.82 Å². The number of rotatable bonds is 5. The van der Waals surface area contributed by atoms with E-state index in [2.05, 4.69) is 177 Å². The quantitative estimate of drug-likeness (QED) is 0.175. The molecule has 0 aliphatic carbocycles. The van der Waals surface area contributed by atoms with E-state index in [1.165, 1.54) is 43.4 Å². The predicted molar refractivity (Wildman–Crippen MR) is 208 cm³/mol. The molecule has 0 unspecified atom stereocenters. The highest BCUT2D eigenvalue weighted by Crippen LogP contribution is 2.37. The van der Waals surface area contributed by atoms with E-state index in [1.54, 1.807) is 0 Å². The molecule has 0 atom stereocenters. The minimum atomic E-state index is -0.294. The molecule has 2 aromatic heterocycles. The Balaban J connectivity index is 1.24. The maximum absolute atomic E-state index is 5.30. The van der Waals surface area contributed by atoms with Crippen molar-refractivity contribution in [2.24, 2.45) is 0 Å². The maximum Gasteiger partial charge on any atom is 0.165 e. The average molecular weight is 645 g/mol. The van der Waals surface area contributed by atoms with Gasteiger partial charge in [-0.3, -0.25) is 0 Å². The van der Waals surface area contributed by atoms with Crippen LogP contribution in [0.5, 0.6) is 0 Å². The zero-order chi connectivity index (χ0) is 33.8. The molecule has 0 amide bonds. The summed E-state index contributed by atoms with van der Waals surface area (Å²) in [6.45, 7) is 6.51. The third-order valence-corrected chi connectivity index (χ3v) is 9.77. The van der Waals surface area contributed by atoms with Crippen molar-refractivity contribution in [3.63, 3.8) is 0 Å². The van der Waals surface area contributed by atoms with Crippen LogP contribution in [-0.2, 0) is 11.8 Å². The largest absolute Gasteiger partial charge is 0.309 e. The van der Waals surface area contributed by atoms with Gasteiger partial charge >= 0.3 is 0 Å². The lowest BCUT2D eigenvalue weighted by Gasteiger charge is -2.20. The van der Waals surface area contributed by atoms with Gasteiger partial charge in [-0.2, -0.15) is 0 Å². The summed E-state index contributed by atoms with van der Waals surface area (Å²) in [6.07, 6.45) is 0.755. The smallest absolute Gasteiger partial charge is 0.165 e. The van der Waals surface area contributed by atoms with Crippen molar-refractivity contribution >= 4 is 43.4 Å². The molecule has 4 heteroatoms. The molecule has 0 aliphatic rings. The topological polar surface area (TPSA) is 43.6 Å². The van der Waals surface area contributed by atoms with Crippen LogP contribution < -0.4 is 0 Å². The van der Waals surface area contributed by atoms with Gasteiger partial charge in [-0.05, 0) is 63.4 Å². The van der Waals surface area contributed by atoms with Gasteiger partial charge in [0.2, 0.25) is 0 Å². The van der Waals surface area contributed by atoms with E-state index in [0.717, 1.165) is 40.1 Å². The van der Waals surface area contributed by atoms with Crippen molar-refractivity contribution < 1.29 is 0 Å². The predicted octanol–water partition coefficient (Wildman–Crippen LogP) is 11.5. The van der Waals surface area contributed by atoms with Crippen LogP contribution in [0.1, 0.15) is 37.7 Å². The Morgan fingerprint density at radius 3 is 1.68 bits per heavy atom. The monoisotopic (exact) mass is 644 g/mol. The highest BCUT2D eigenvalue weighted by molar-refractivity contribution is 6.10. The molecule has 4 nitrogen and oxygen atoms in total. The second-order valence-corrected chi connectivity index (χ2v) is 14.1. The number of hydrogen-bond donors (Lipinski definition) is 0. The molecule has 0 fully saturated rings. The zero-order valence-electron chi connectivity index (χ0n) is 28.4. The minimum absolute atomic E-state index is 0.294. The minimum Gasteiger partial charge on any atom is -0.309 e. The molecular formula is C46H36N4. The summed E-state index contributed by atoms with van der Waals surface area (Å²) in [5.41, 5.74) is 7.50. The molecule has 9 rings (SSSR count). The summed E-state index contributed by atoms with van der Waals surface area (Å²) in [5.74, 6) is 2.13. The molecule has 0 saturated heterocycles. The van der Waals surface area contributed by atoms with Crippen LogP contribution in [0.25, 0.3) is 71.8 Å². The Hall–Kier alpha value is -6.13. The maximum atomic E-state index is 5.30. The second-order valence-electron chi connectivity index (χ2n) is 14.1. The summed E-state index contributed by atoms with van der Waals surface area (Å²) >= 11 is 0. The SMILES string of the molecule is CC(C)(C)c1nc(-c2ccccc2Cc2cc3ccccc3c3ccccc23)nc(-c2ccccc2-n2c3ccccc3c3ccccc32)n1. The van der Waals surface area contributed by atoms with Crippen molar-refractivity contribution in [1.82, 2.24) is 19.5 Å². The van der Waals surface area contributed by atoms with Crippen LogP contribution in [0.2, 0.25) is 0 Å². The van der Waals surface area contributed by atoms with Crippen LogP contribution in [0, 0.1) is 0 Å². The van der Waals surface area contributed by atoms with Crippen molar-refractivity contribution in [3.8, 4) is 28.5 Å². The van der Waals surface area contributed by atoms with Gasteiger partial charge < -0.3 is 4.57 Å². The van der Waals surface area contributed by atoms with E-state index in [0.29, 0.717) is 11.6 Å². The van der Waals surface area contributed by atoms with E-state index >= 15 is 0 Å². The number of fused-ring (bicyclic) bond motifs is 6. The van der Waals surface area contributed by atoms with Crippen LogP contribution >= 0.6 is 0 Å². The Morgan fingerprint density at radius 1 is 0.460 bits per heavy atom. The normalized spacial score (nSPS) is 12.0. The van der Waals surface area contributed by atoms with Crippen LogP contribution in [0.15, 0.2) is 152 Å². The lowest BCUT2D eigenvalue weighted by atomic mass is 9.92. The first kappa shape index (κ1) is 30.0. The third-order valence-electron chi connectivity index (χ3n) is 9.77.